The van der Waals surface area contributed by atoms with E-state index in [1.54, 1.807) is 35.9 Å². The van der Waals surface area contributed by atoms with E-state index >= 15 is 0 Å². The number of carbonyl (C=O) groups is 2. The Hall–Kier alpha value is -3.30. The number of H-pyrrole nitrogens is 1. The molecule has 0 radical (unpaired) electrons. The van der Waals surface area contributed by atoms with Crippen LogP contribution in [0.15, 0.2) is 35.9 Å². The zero-order chi connectivity index (χ0) is 22.4. The van der Waals surface area contributed by atoms with E-state index < -0.39 is 5.91 Å². The molecular formula is C21H21ClN4O4S. The van der Waals surface area contributed by atoms with Crippen LogP contribution in [0.2, 0.25) is 5.02 Å². The molecule has 0 atom stereocenters. The van der Waals surface area contributed by atoms with Gasteiger partial charge in [0.05, 0.1) is 24.4 Å². The molecule has 0 aliphatic carbocycles. The minimum absolute atomic E-state index is 0.289. The first kappa shape index (κ1) is 22.4. The molecule has 4 N–H and O–H groups in total. The van der Waals surface area contributed by atoms with E-state index in [4.69, 9.17) is 26.8 Å². The quantitative estimate of drug-likeness (QED) is 0.410. The largest absolute Gasteiger partial charge is 0.493 e. The van der Waals surface area contributed by atoms with Crippen molar-refractivity contribution in [2.24, 2.45) is 5.73 Å². The monoisotopic (exact) mass is 460 g/mol. The number of halogens is 1. The van der Waals surface area contributed by atoms with Crippen molar-refractivity contribution in [2.75, 3.05) is 19.0 Å². The predicted molar refractivity (Wildman–Crippen MR) is 122 cm³/mol. The van der Waals surface area contributed by atoms with Crippen molar-refractivity contribution in [3.8, 4) is 22.8 Å². The molecule has 0 saturated heterocycles. The Kier molecular flexibility index (Phi) is 7.32. The van der Waals surface area contributed by atoms with Crippen molar-refractivity contribution in [2.45, 2.75) is 13.3 Å². The second-order valence-electron chi connectivity index (χ2n) is 6.41. The second kappa shape index (κ2) is 10.1. The first-order valence-electron chi connectivity index (χ1n) is 9.34. The van der Waals surface area contributed by atoms with Gasteiger partial charge in [-0.05, 0) is 36.3 Å². The van der Waals surface area contributed by atoms with Gasteiger partial charge in [0.1, 0.15) is 5.69 Å². The number of methoxy groups -OCH3 is 1. The van der Waals surface area contributed by atoms with Gasteiger partial charge in [-0.15, -0.1) is 11.3 Å². The van der Waals surface area contributed by atoms with Crippen LogP contribution in [0.25, 0.3) is 17.3 Å². The van der Waals surface area contributed by atoms with E-state index in [1.807, 2.05) is 6.92 Å². The number of anilines is 1. The molecule has 10 heteroatoms. The molecule has 0 unspecified atom stereocenters. The summed E-state index contributed by atoms with van der Waals surface area (Å²) < 4.78 is 11.0. The van der Waals surface area contributed by atoms with Gasteiger partial charge < -0.3 is 20.2 Å². The lowest BCUT2D eigenvalue weighted by Gasteiger charge is -2.12. The van der Waals surface area contributed by atoms with E-state index in [1.165, 1.54) is 24.5 Å². The molecule has 31 heavy (non-hydrogen) atoms. The van der Waals surface area contributed by atoms with E-state index in [9.17, 15) is 9.59 Å². The number of hydrogen-bond acceptors (Lipinski definition) is 6. The highest BCUT2D eigenvalue weighted by molar-refractivity contribution is 7.14. The van der Waals surface area contributed by atoms with Gasteiger partial charge in [-0.25, -0.2) is 4.98 Å². The molecule has 1 aromatic carbocycles. The zero-order valence-corrected chi connectivity index (χ0v) is 18.5. The summed E-state index contributed by atoms with van der Waals surface area (Å²) in [6.45, 7) is 2.52. The topological polar surface area (TPSA) is 119 Å². The van der Waals surface area contributed by atoms with Gasteiger partial charge in [0.25, 0.3) is 5.91 Å². The summed E-state index contributed by atoms with van der Waals surface area (Å²) in [5.41, 5.74) is 7.53. The van der Waals surface area contributed by atoms with Crippen molar-refractivity contribution in [3.05, 3.63) is 52.1 Å². The number of nitrogens with zero attached hydrogens (tertiary/aromatic N) is 1. The van der Waals surface area contributed by atoms with Crippen LogP contribution in [-0.4, -0.2) is 35.5 Å². The smallest absolute Gasteiger partial charge is 0.265 e. The van der Waals surface area contributed by atoms with Crippen LogP contribution in [0.3, 0.4) is 0 Å². The van der Waals surface area contributed by atoms with Crippen LogP contribution < -0.4 is 20.5 Å². The number of hydrogen-bond donors (Lipinski definition) is 3. The Morgan fingerprint density at radius 2 is 2.16 bits per heavy atom. The molecule has 2 heterocycles. The molecule has 0 fully saturated rings. The number of ether oxygens (including phenoxy) is 2. The van der Waals surface area contributed by atoms with Gasteiger partial charge in [0.15, 0.2) is 16.6 Å². The summed E-state index contributed by atoms with van der Waals surface area (Å²) in [6.07, 6.45) is 5.47. The number of primary amides is 1. The van der Waals surface area contributed by atoms with E-state index in [0.29, 0.717) is 45.1 Å². The first-order valence-corrected chi connectivity index (χ1v) is 10.6. The van der Waals surface area contributed by atoms with Crippen LogP contribution in [0.5, 0.6) is 11.5 Å². The number of amides is 2. The molecule has 0 spiro atoms. The summed E-state index contributed by atoms with van der Waals surface area (Å²) in [7, 11) is 1.53. The van der Waals surface area contributed by atoms with Crippen LogP contribution in [0.4, 0.5) is 5.13 Å². The molecule has 3 aromatic rings. The highest BCUT2D eigenvalue weighted by Crippen LogP contribution is 2.37. The first-order chi connectivity index (χ1) is 14.9. The number of aromatic amines is 1. The molecule has 162 valence electrons. The Morgan fingerprint density at radius 1 is 1.35 bits per heavy atom. The van der Waals surface area contributed by atoms with Gasteiger partial charge >= 0.3 is 0 Å². The Labute approximate surface area is 188 Å². The maximum Gasteiger partial charge on any atom is 0.265 e. The van der Waals surface area contributed by atoms with Crippen molar-refractivity contribution in [1.29, 1.82) is 0 Å². The van der Waals surface area contributed by atoms with Gasteiger partial charge in [0, 0.05) is 23.2 Å². The highest BCUT2D eigenvalue weighted by atomic mass is 35.5. The minimum atomic E-state index is -0.554. The fourth-order valence-electron chi connectivity index (χ4n) is 2.65. The molecule has 8 nitrogen and oxygen atoms in total. The third kappa shape index (κ3) is 5.65. The Morgan fingerprint density at radius 3 is 2.84 bits per heavy atom. The summed E-state index contributed by atoms with van der Waals surface area (Å²) in [6, 6.07) is 5.04. The van der Waals surface area contributed by atoms with Gasteiger partial charge in [-0.3, -0.25) is 14.9 Å². The maximum absolute atomic E-state index is 12.3. The van der Waals surface area contributed by atoms with Crippen molar-refractivity contribution in [3.63, 3.8) is 0 Å². The van der Waals surface area contributed by atoms with Crippen molar-refractivity contribution in [1.82, 2.24) is 9.97 Å². The van der Waals surface area contributed by atoms with Crippen LogP contribution in [0, 0.1) is 0 Å². The van der Waals surface area contributed by atoms with Gasteiger partial charge in [-0.2, -0.15) is 0 Å². The molecular weight excluding hydrogens is 440 g/mol. The number of nitrogens with one attached hydrogen (secondary N) is 2. The number of benzene rings is 1. The lowest BCUT2D eigenvalue weighted by Crippen LogP contribution is -2.10. The lowest BCUT2D eigenvalue weighted by molar-refractivity contribution is -0.111. The minimum Gasteiger partial charge on any atom is -0.493 e. The number of thiazole rings is 1. The van der Waals surface area contributed by atoms with Crippen LogP contribution in [-0.2, 0) is 4.79 Å². The normalized spacial score (nSPS) is 10.9. The molecule has 0 saturated carbocycles. The second-order valence-corrected chi connectivity index (χ2v) is 7.67. The average molecular weight is 461 g/mol. The summed E-state index contributed by atoms with van der Waals surface area (Å²) >= 11 is 7.56. The summed E-state index contributed by atoms with van der Waals surface area (Å²) in [5.74, 6) is 0.0654. The van der Waals surface area contributed by atoms with Gasteiger partial charge in [-0.1, -0.05) is 18.5 Å². The number of aromatic nitrogens is 2. The van der Waals surface area contributed by atoms with E-state index in [2.05, 4.69) is 15.3 Å². The molecule has 2 amide bonds. The van der Waals surface area contributed by atoms with Crippen molar-refractivity contribution >= 4 is 46.0 Å². The average Bonchev–Trinajstić information content (AvgIpc) is 3.40. The lowest BCUT2D eigenvalue weighted by atomic mass is 10.2. The van der Waals surface area contributed by atoms with E-state index in [0.717, 1.165) is 6.42 Å². The number of carbonyl (C=O) groups excluding carboxylic acids is 2. The maximum atomic E-state index is 12.3. The molecule has 0 bridgehead atoms. The molecule has 0 aliphatic rings. The molecule has 3 rings (SSSR count). The highest BCUT2D eigenvalue weighted by Gasteiger charge is 2.12. The standard InChI is InChI=1S/C21H21ClN4O4S/c1-3-6-30-19-14(22)7-12(8-17(19)29-2)4-5-18(27)26-21-25-16(11-31-21)13-9-15(20(23)28)24-10-13/h4-5,7-11,24H,3,6H2,1-2H3,(H2,23,28)(H,25,26,27)/b5-4+. The fourth-order valence-corrected chi connectivity index (χ4v) is 3.64. The molecule has 0 aliphatic heterocycles. The number of nitrogens with two attached hydrogens (primary N) is 1. The third-order valence-corrected chi connectivity index (χ3v) is 5.15. The zero-order valence-electron chi connectivity index (χ0n) is 16.9. The third-order valence-electron chi connectivity index (χ3n) is 4.11. The SMILES string of the molecule is CCCOc1c(Cl)cc(/C=C/C(=O)Nc2nc(-c3c[nH]c(C(N)=O)c3)cs2)cc1OC. The van der Waals surface area contributed by atoms with Crippen molar-refractivity contribution < 1.29 is 19.1 Å². The predicted octanol–water partition coefficient (Wildman–Crippen LogP) is 4.34. The van der Waals surface area contributed by atoms with Gasteiger partial charge in [0.2, 0.25) is 5.91 Å². The Bertz CT molecular complexity index is 1120. The van der Waals surface area contributed by atoms with E-state index in [-0.39, 0.29) is 11.6 Å². The van der Waals surface area contributed by atoms with Crippen LogP contribution >= 0.6 is 22.9 Å². The Balaban J connectivity index is 1.67. The fraction of sp³-hybridized carbons (Fsp3) is 0.190. The summed E-state index contributed by atoms with van der Waals surface area (Å²) in [4.78, 5) is 30.6. The number of rotatable bonds is 9. The molecule has 2 aromatic heterocycles. The van der Waals surface area contributed by atoms with Crippen LogP contribution in [0.1, 0.15) is 29.4 Å². The summed E-state index contributed by atoms with van der Waals surface area (Å²) in [5, 5.41) is 5.30.